The molecule has 1 amide bonds. The summed E-state index contributed by atoms with van der Waals surface area (Å²) in [6.07, 6.45) is 2.64. The molecular formula is C15H23N3O3S. The molecule has 0 fully saturated rings. The van der Waals surface area contributed by atoms with Gasteiger partial charge in [0.1, 0.15) is 0 Å². The van der Waals surface area contributed by atoms with Crippen LogP contribution in [0.3, 0.4) is 0 Å². The predicted molar refractivity (Wildman–Crippen MR) is 85.8 cm³/mol. The van der Waals surface area contributed by atoms with E-state index in [2.05, 4.69) is 15.3 Å². The highest BCUT2D eigenvalue weighted by atomic mass is 32.2. The number of carbonyl (C=O) groups is 2. The molecule has 0 aliphatic heterocycles. The van der Waals surface area contributed by atoms with E-state index in [1.165, 1.54) is 11.8 Å². The lowest BCUT2D eigenvalue weighted by atomic mass is 10.1. The van der Waals surface area contributed by atoms with Gasteiger partial charge in [-0.2, -0.15) is 0 Å². The highest BCUT2D eigenvalue weighted by molar-refractivity contribution is 7.98. The fourth-order valence-electron chi connectivity index (χ4n) is 1.97. The van der Waals surface area contributed by atoms with Crippen molar-refractivity contribution < 1.29 is 14.3 Å². The van der Waals surface area contributed by atoms with Crippen LogP contribution in [0.2, 0.25) is 0 Å². The SMILES string of the molecule is CSc1nc(C)c(CCC(=O)OCC(=O)NC(C)C)c(C)n1. The van der Waals surface area contributed by atoms with Gasteiger partial charge in [0.2, 0.25) is 0 Å². The number of carbonyl (C=O) groups excluding carboxylic acids is 2. The van der Waals surface area contributed by atoms with E-state index < -0.39 is 5.97 Å². The van der Waals surface area contributed by atoms with Gasteiger partial charge in [0.15, 0.2) is 11.8 Å². The Morgan fingerprint density at radius 3 is 2.32 bits per heavy atom. The molecule has 1 rings (SSSR count). The molecule has 1 aromatic heterocycles. The van der Waals surface area contributed by atoms with Crippen molar-refractivity contribution in [2.75, 3.05) is 12.9 Å². The first-order chi connectivity index (χ1) is 10.3. The van der Waals surface area contributed by atoms with E-state index in [-0.39, 0.29) is 25.0 Å². The quantitative estimate of drug-likeness (QED) is 0.468. The number of thioether (sulfide) groups is 1. The van der Waals surface area contributed by atoms with Crippen LogP contribution in [0, 0.1) is 13.8 Å². The number of hydrogen-bond donors (Lipinski definition) is 1. The Morgan fingerprint density at radius 1 is 1.23 bits per heavy atom. The highest BCUT2D eigenvalue weighted by Gasteiger charge is 2.12. The van der Waals surface area contributed by atoms with Crippen molar-refractivity contribution in [3.8, 4) is 0 Å². The molecule has 0 saturated carbocycles. The number of aryl methyl sites for hydroxylation is 2. The average Bonchev–Trinajstić information content (AvgIpc) is 2.43. The van der Waals surface area contributed by atoms with Gasteiger partial charge >= 0.3 is 5.97 Å². The Morgan fingerprint density at radius 2 is 1.82 bits per heavy atom. The number of aromatic nitrogens is 2. The van der Waals surface area contributed by atoms with Crippen LogP contribution in [0.1, 0.15) is 37.2 Å². The van der Waals surface area contributed by atoms with Crippen LogP contribution in [-0.2, 0) is 20.7 Å². The van der Waals surface area contributed by atoms with E-state index in [1.54, 1.807) is 0 Å². The van der Waals surface area contributed by atoms with Crippen LogP contribution in [-0.4, -0.2) is 40.7 Å². The van der Waals surface area contributed by atoms with Crippen molar-refractivity contribution in [1.82, 2.24) is 15.3 Å². The standard InChI is InChI=1S/C15H23N3O3S/c1-9(2)16-13(19)8-21-14(20)7-6-12-10(3)17-15(22-5)18-11(12)4/h9H,6-8H2,1-5H3,(H,16,19). The molecule has 6 nitrogen and oxygen atoms in total. The van der Waals surface area contributed by atoms with Gasteiger partial charge in [-0.3, -0.25) is 9.59 Å². The van der Waals surface area contributed by atoms with Gasteiger partial charge in [-0.25, -0.2) is 9.97 Å². The largest absolute Gasteiger partial charge is 0.456 e. The predicted octanol–water partition coefficient (Wildman–Crippen LogP) is 1.82. The van der Waals surface area contributed by atoms with Gasteiger partial charge < -0.3 is 10.1 Å². The second-order valence-electron chi connectivity index (χ2n) is 5.24. The summed E-state index contributed by atoms with van der Waals surface area (Å²) >= 11 is 1.49. The maximum atomic E-state index is 11.7. The third-order valence-electron chi connectivity index (χ3n) is 2.98. The minimum absolute atomic E-state index is 0.0311. The van der Waals surface area contributed by atoms with Crippen LogP contribution >= 0.6 is 11.8 Å². The molecule has 1 heterocycles. The van der Waals surface area contributed by atoms with E-state index in [9.17, 15) is 9.59 Å². The molecule has 0 bridgehead atoms. The normalized spacial score (nSPS) is 10.6. The molecule has 0 aliphatic rings. The van der Waals surface area contributed by atoms with E-state index in [0.717, 1.165) is 22.1 Å². The Labute approximate surface area is 135 Å². The summed E-state index contributed by atoms with van der Waals surface area (Å²) in [6.45, 7) is 7.28. The van der Waals surface area contributed by atoms with Crippen molar-refractivity contribution in [2.24, 2.45) is 0 Å². The first-order valence-corrected chi connectivity index (χ1v) is 8.39. The Hall–Kier alpha value is -1.63. The fraction of sp³-hybridized carbons (Fsp3) is 0.600. The van der Waals surface area contributed by atoms with Gasteiger partial charge in [-0.15, -0.1) is 0 Å². The summed E-state index contributed by atoms with van der Waals surface area (Å²) < 4.78 is 4.96. The zero-order valence-corrected chi connectivity index (χ0v) is 14.5. The molecule has 1 N–H and O–H groups in total. The maximum Gasteiger partial charge on any atom is 0.306 e. The van der Waals surface area contributed by atoms with E-state index in [0.29, 0.717) is 6.42 Å². The zero-order chi connectivity index (χ0) is 16.7. The lowest BCUT2D eigenvalue weighted by Gasteiger charge is -2.11. The number of hydrogen-bond acceptors (Lipinski definition) is 6. The zero-order valence-electron chi connectivity index (χ0n) is 13.7. The van der Waals surface area contributed by atoms with Gasteiger partial charge in [0.25, 0.3) is 5.91 Å². The third-order valence-corrected chi connectivity index (χ3v) is 3.52. The van der Waals surface area contributed by atoms with E-state index in [1.807, 2.05) is 34.0 Å². The Bertz CT molecular complexity index is 524. The van der Waals surface area contributed by atoms with Crippen LogP contribution in [0.15, 0.2) is 5.16 Å². The monoisotopic (exact) mass is 325 g/mol. The summed E-state index contributed by atoms with van der Waals surface area (Å²) in [4.78, 5) is 31.9. The van der Waals surface area contributed by atoms with Crippen molar-refractivity contribution >= 4 is 23.6 Å². The lowest BCUT2D eigenvalue weighted by Crippen LogP contribution is -2.34. The van der Waals surface area contributed by atoms with Gasteiger partial charge in [-0.05, 0) is 45.9 Å². The van der Waals surface area contributed by atoms with Crippen LogP contribution in [0.4, 0.5) is 0 Å². The van der Waals surface area contributed by atoms with Crippen molar-refractivity contribution in [3.63, 3.8) is 0 Å². The fourth-order valence-corrected chi connectivity index (χ4v) is 2.43. The van der Waals surface area contributed by atoms with Gasteiger partial charge in [0, 0.05) is 23.9 Å². The van der Waals surface area contributed by atoms with Crippen molar-refractivity contribution in [3.05, 3.63) is 17.0 Å². The number of nitrogens with zero attached hydrogens (tertiary/aromatic N) is 2. The average molecular weight is 325 g/mol. The number of ether oxygens (including phenoxy) is 1. The summed E-state index contributed by atoms with van der Waals surface area (Å²) in [5.74, 6) is -0.685. The van der Waals surface area contributed by atoms with Crippen LogP contribution < -0.4 is 5.32 Å². The third kappa shape index (κ3) is 6.01. The molecule has 1 aromatic rings. The first kappa shape index (κ1) is 18.4. The lowest BCUT2D eigenvalue weighted by molar-refractivity contribution is -0.148. The van der Waals surface area contributed by atoms with Crippen LogP contribution in [0.25, 0.3) is 0 Å². The van der Waals surface area contributed by atoms with Crippen molar-refractivity contribution in [1.29, 1.82) is 0 Å². The Kier molecular flexibility index (Phi) is 7.31. The molecule has 0 aliphatic carbocycles. The molecule has 0 aromatic carbocycles. The van der Waals surface area contributed by atoms with E-state index >= 15 is 0 Å². The Balaban J connectivity index is 2.49. The second kappa shape index (κ2) is 8.73. The topological polar surface area (TPSA) is 81.2 Å². The minimum atomic E-state index is -0.397. The van der Waals surface area contributed by atoms with Gasteiger partial charge in [0.05, 0.1) is 0 Å². The molecule has 122 valence electrons. The molecule has 22 heavy (non-hydrogen) atoms. The van der Waals surface area contributed by atoms with Crippen molar-refractivity contribution in [2.45, 2.75) is 51.7 Å². The van der Waals surface area contributed by atoms with Crippen LogP contribution in [0.5, 0.6) is 0 Å². The maximum absolute atomic E-state index is 11.7. The molecule has 0 saturated heterocycles. The molecular weight excluding hydrogens is 302 g/mol. The van der Waals surface area contributed by atoms with E-state index in [4.69, 9.17) is 4.74 Å². The summed E-state index contributed by atoms with van der Waals surface area (Å²) in [5.41, 5.74) is 2.71. The molecule has 0 unspecified atom stereocenters. The number of amides is 1. The molecule has 0 spiro atoms. The highest BCUT2D eigenvalue weighted by Crippen LogP contribution is 2.17. The molecule has 0 radical (unpaired) electrons. The summed E-state index contributed by atoms with van der Waals surface area (Å²) in [7, 11) is 0. The second-order valence-corrected chi connectivity index (χ2v) is 6.02. The number of esters is 1. The van der Waals surface area contributed by atoms with Gasteiger partial charge in [-0.1, -0.05) is 11.8 Å². The first-order valence-electron chi connectivity index (χ1n) is 7.16. The summed E-state index contributed by atoms with van der Waals surface area (Å²) in [5, 5.41) is 3.39. The molecule has 7 heteroatoms. The summed E-state index contributed by atoms with van der Waals surface area (Å²) in [6, 6.07) is 0.0311. The molecule has 0 atom stereocenters. The smallest absolute Gasteiger partial charge is 0.306 e. The number of rotatable bonds is 7. The number of nitrogens with one attached hydrogen (secondary N) is 1. The minimum Gasteiger partial charge on any atom is -0.456 e.